The summed E-state index contributed by atoms with van der Waals surface area (Å²) in [5.41, 5.74) is 0.803. The molecule has 1 aromatic carbocycles. The number of nitrogens with zero attached hydrogens (tertiary/aromatic N) is 1. The topological polar surface area (TPSA) is 102 Å². The highest BCUT2D eigenvalue weighted by molar-refractivity contribution is 7.28. The first kappa shape index (κ1) is 23.4. The van der Waals surface area contributed by atoms with Crippen LogP contribution in [-0.2, 0) is 14.9 Å². The molecule has 4 aromatic rings. The van der Waals surface area contributed by atoms with Gasteiger partial charge in [-0.2, -0.15) is 0 Å². The molecule has 0 bridgehead atoms. The number of rotatable bonds is 5. The minimum absolute atomic E-state index is 0.213. The smallest absolute Gasteiger partial charge is 0.412 e. The van der Waals surface area contributed by atoms with Gasteiger partial charge in [-0.15, -0.1) is 22.7 Å². The maximum Gasteiger partial charge on any atom is 0.412 e. The van der Waals surface area contributed by atoms with Crippen LogP contribution in [-0.4, -0.2) is 22.3 Å². The molecule has 0 spiro atoms. The van der Waals surface area contributed by atoms with Gasteiger partial charge in [0, 0.05) is 24.9 Å². The van der Waals surface area contributed by atoms with Gasteiger partial charge < -0.3 is 14.4 Å². The van der Waals surface area contributed by atoms with E-state index in [1.165, 1.54) is 22.7 Å². The molecule has 7 nitrogen and oxygen atoms in total. The predicted octanol–water partition coefficient (Wildman–Crippen LogP) is 6.74. The minimum atomic E-state index is -0.757. The molecule has 2 N–H and O–H groups in total. The van der Waals surface area contributed by atoms with Gasteiger partial charge in [0.1, 0.15) is 22.9 Å². The lowest BCUT2D eigenvalue weighted by Crippen LogP contribution is -2.17. The number of aryl methyl sites for hydroxylation is 1. The molecule has 3 aromatic heterocycles. The molecule has 1 fully saturated rings. The number of halogens is 1. The number of hydrogen-bond acceptors (Lipinski definition) is 7. The SMILES string of the molecule is Cc1noc(C#Cc2cc3sc(C4(C(=O)O)CC4)cc3s2)c1NC(=O)OC(C)c1ccccc1Cl. The van der Waals surface area contributed by atoms with Crippen molar-refractivity contribution in [2.75, 3.05) is 5.32 Å². The van der Waals surface area contributed by atoms with Crippen molar-refractivity contribution in [1.29, 1.82) is 0 Å². The van der Waals surface area contributed by atoms with Gasteiger partial charge in [-0.3, -0.25) is 10.1 Å². The lowest BCUT2D eigenvalue weighted by Gasteiger charge is -2.15. The number of ether oxygens (including phenoxy) is 1. The van der Waals surface area contributed by atoms with Crippen molar-refractivity contribution in [2.45, 2.75) is 38.2 Å². The molecule has 178 valence electrons. The number of amides is 1. The number of carboxylic acid groups (broad SMARTS) is 1. The summed E-state index contributed by atoms with van der Waals surface area (Å²) in [5.74, 6) is 5.43. The second-order valence-corrected chi connectivity index (χ2v) is 10.8. The number of hydrogen-bond donors (Lipinski definition) is 2. The van der Waals surface area contributed by atoms with Crippen molar-refractivity contribution < 1.29 is 24.0 Å². The lowest BCUT2D eigenvalue weighted by atomic mass is 10.1. The molecule has 3 heterocycles. The van der Waals surface area contributed by atoms with E-state index in [9.17, 15) is 14.7 Å². The maximum absolute atomic E-state index is 12.5. The van der Waals surface area contributed by atoms with Gasteiger partial charge in [-0.05, 0) is 56.7 Å². The van der Waals surface area contributed by atoms with Gasteiger partial charge in [0.25, 0.3) is 0 Å². The second-order valence-electron chi connectivity index (χ2n) is 8.25. The van der Waals surface area contributed by atoms with Crippen LogP contribution in [0.15, 0.2) is 40.9 Å². The zero-order chi connectivity index (χ0) is 24.7. The van der Waals surface area contributed by atoms with Crippen molar-refractivity contribution in [2.24, 2.45) is 0 Å². The zero-order valence-electron chi connectivity index (χ0n) is 18.7. The Kier molecular flexibility index (Phi) is 6.05. The van der Waals surface area contributed by atoms with Crippen LogP contribution in [0, 0.1) is 18.8 Å². The standard InChI is InChI=1S/C25H19ClN2O5S2/c1-13-22(27-24(31)32-14(2)16-5-3-4-6-17(16)26)18(33-28-13)8-7-15-11-19-20(34-15)12-21(35-19)25(9-10-25)23(29)30/h3-6,11-12,14H,9-10H2,1-2H3,(H,27,31)(H,29,30). The number of carboxylic acids is 1. The average molecular weight is 527 g/mol. The lowest BCUT2D eigenvalue weighted by molar-refractivity contribution is -0.139. The van der Waals surface area contributed by atoms with Crippen molar-refractivity contribution in [1.82, 2.24) is 5.16 Å². The van der Waals surface area contributed by atoms with Crippen LogP contribution >= 0.6 is 34.3 Å². The van der Waals surface area contributed by atoms with Crippen molar-refractivity contribution in [3.05, 3.63) is 68.2 Å². The van der Waals surface area contributed by atoms with Gasteiger partial charge in [0.05, 0.1) is 4.88 Å². The van der Waals surface area contributed by atoms with E-state index in [0.717, 1.165) is 19.2 Å². The molecule has 1 amide bonds. The molecule has 0 aliphatic heterocycles. The first-order valence-electron chi connectivity index (χ1n) is 10.7. The van der Waals surface area contributed by atoms with Gasteiger partial charge in [0.2, 0.25) is 5.76 Å². The number of carbonyl (C=O) groups is 2. The summed E-state index contributed by atoms with van der Waals surface area (Å²) in [6.45, 7) is 3.43. The number of nitrogens with one attached hydrogen (secondary N) is 1. The molecule has 1 aliphatic rings. The third-order valence-corrected chi connectivity index (χ3v) is 8.61. The van der Waals surface area contributed by atoms with Crippen LogP contribution in [0.3, 0.4) is 0 Å². The van der Waals surface area contributed by atoms with Crippen LogP contribution in [0.25, 0.3) is 9.40 Å². The Morgan fingerprint density at radius 1 is 1.23 bits per heavy atom. The summed E-state index contributed by atoms with van der Waals surface area (Å²) in [7, 11) is 0. The number of thiophene rings is 2. The highest BCUT2D eigenvalue weighted by Crippen LogP contribution is 2.52. The summed E-state index contributed by atoms with van der Waals surface area (Å²) in [6.07, 6.45) is 0.132. The molecule has 1 saturated carbocycles. The molecule has 0 saturated heterocycles. The Hall–Kier alpha value is -3.32. The molecule has 10 heteroatoms. The highest BCUT2D eigenvalue weighted by Gasteiger charge is 2.53. The van der Waals surface area contributed by atoms with Crippen LogP contribution in [0.1, 0.15) is 52.6 Å². The molecule has 0 radical (unpaired) electrons. The van der Waals surface area contributed by atoms with Gasteiger partial charge in [-0.25, -0.2) is 4.79 Å². The molecule has 1 atom stereocenters. The summed E-state index contributed by atoms with van der Waals surface area (Å²) in [6, 6.07) is 11.1. The average Bonchev–Trinajstić information content (AvgIpc) is 3.25. The molecular weight excluding hydrogens is 508 g/mol. The van der Waals surface area contributed by atoms with Crippen LogP contribution in [0.5, 0.6) is 0 Å². The Labute approximate surface area is 213 Å². The van der Waals surface area contributed by atoms with Crippen molar-refractivity contribution >= 4 is 61.4 Å². The largest absolute Gasteiger partial charge is 0.481 e. The maximum atomic E-state index is 12.5. The molecule has 1 unspecified atom stereocenters. The van der Waals surface area contributed by atoms with Crippen LogP contribution < -0.4 is 5.32 Å². The number of carbonyl (C=O) groups excluding carboxylic acids is 1. The van der Waals surface area contributed by atoms with E-state index in [1.54, 1.807) is 32.0 Å². The minimum Gasteiger partial charge on any atom is -0.481 e. The van der Waals surface area contributed by atoms with Crippen LogP contribution in [0.2, 0.25) is 5.02 Å². The van der Waals surface area contributed by atoms with E-state index >= 15 is 0 Å². The van der Waals surface area contributed by atoms with Gasteiger partial charge in [0.15, 0.2) is 0 Å². The zero-order valence-corrected chi connectivity index (χ0v) is 21.1. The Morgan fingerprint density at radius 3 is 2.66 bits per heavy atom. The van der Waals surface area contributed by atoms with Crippen LogP contribution in [0.4, 0.5) is 10.5 Å². The van der Waals surface area contributed by atoms with E-state index in [2.05, 4.69) is 22.3 Å². The van der Waals surface area contributed by atoms with E-state index in [1.807, 2.05) is 18.2 Å². The summed E-state index contributed by atoms with van der Waals surface area (Å²) < 4.78 is 12.8. The number of anilines is 1. The fraction of sp³-hybridized carbons (Fsp3) is 0.240. The number of aromatic nitrogens is 1. The normalized spacial score (nSPS) is 14.7. The fourth-order valence-corrected chi connectivity index (χ4v) is 6.48. The molecule has 35 heavy (non-hydrogen) atoms. The monoisotopic (exact) mass is 526 g/mol. The predicted molar refractivity (Wildman–Crippen MR) is 135 cm³/mol. The quantitative estimate of drug-likeness (QED) is 0.279. The second kappa shape index (κ2) is 9.04. The van der Waals surface area contributed by atoms with Crippen molar-refractivity contribution in [3.63, 3.8) is 0 Å². The summed E-state index contributed by atoms with van der Waals surface area (Å²) in [4.78, 5) is 25.8. The number of fused-ring (bicyclic) bond motifs is 1. The summed E-state index contributed by atoms with van der Waals surface area (Å²) in [5, 5.41) is 16.6. The van der Waals surface area contributed by atoms with E-state index in [0.29, 0.717) is 34.8 Å². The first-order valence-corrected chi connectivity index (χ1v) is 12.8. The summed E-state index contributed by atoms with van der Waals surface area (Å²) >= 11 is 9.17. The van der Waals surface area contributed by atoms with Gasteiger partial charge in [-0.1, -0.05) is 35.0 Å². The Morgan fingerprint density at radius 2 is 1.97 bits per heavy atom. The number of benzene rings is 1. The third kappa shape index (κ3) is 4.52. The first-order chi connectivity index (χ1) is 16.8. The van der Waals surface area contributed by atoms with E-state index in [-0.39, 0.29) is 5.76 Å². The third-order valence-electron chi connectivity index (χ3n) is 5.85. The number of aliphatic carboxylic acids is 1. The van der Waals surface area contributed by atoms with E-state index < -0.39 is 23.6 Å². The molecule has 1 aliphatic carbocycles. The van der Waals surface area contributed by atoms with E-state index in [4.69, 9.17) is 20.9 Å². The highest BCUT2D eigenvalue weighted by atomic mass is 35.5. The Balaban J connectivity index is 1.30. The van der Waals surface area contributed by atoms with Crippen molar-refractivity contribution in [3.8, 4) is 11.8 Å². The molecular formula is C25H19ClN2O5S2. The molecule has 5 rings (SSSR count). The fourth-order valence-electron chi connectivity index (χ4n) is 3.70. The van der Waals surface area contributed by atoms with Gasteiger partial charge >= 0.3 is 12.1 Å². The Bertz CT molecular complexity index is 1490.